The molecule has 0 aliphatic heterocycles. The molecule has 8 rings (SSSR count). The lowest BCUT2D eigenvalue weighted by Gasteiger charge is -2.14. The molecule has 0 saturated heterocycles. The largest absolute Gasteiger partial charge is 0.456 e. The van der Waals surface area contributed by atoms with Crippen molar-refractivity contribution in [3.05, 3.63) is 138 Å². The number of para-hydroxylation sites is 3. The fourth-order valence-electron chi connectivity index (χ4n) is 5.86. The Balaban J connectivity index is 1.34. The van der Waals surface area contributed by atoms with E-state index in [1.54, 1.807) is 0 Å². The van der Waals surface area contributed by atoms with Gasteiger partial charge in [-0.3, -0.25) is 0 Å². The van der Waals surface area contributed by atoms with Gasteiger partial charge in [0.1, 0.15) is 11.2 Å². The van der Waals surface area contributed by atoms with Crippen LogP contribution in [0.3, 0.4) is 0 Å². The lowest BCUT2D eigenvalue weighted by Crippen LogP contribution is -1.97. The summed E-state index contributed by atoms with van der Waals surface area (Å²) in [5, 5.41) is 5.48. The average molecular weight is 520 g/mol. The maximum Gasteiger partial charge on any atom is 0.136 e. The first-order chi connectivity index (χ1) is 19.2. The topological polar surface area (TPSA) is 18.1 Å². The molecule has 184 valence electrons. The zero-order valence-corrected chi connectivity index (χ0v) is 21.7. The zero-order valence-electron chi connectivity index (χ0n) is 20.9. The number of benzene rings is 6. The number of halogens is 1. The summed E-state index contributed by atoms with van der Waals surface area (Å²) in [7, 11) is 0. The maximum absolute atomic E-state index is 6.20. The number of furan rings is 1. The summed E-state index contributed by atoms with van der Waals surface area (Å²) in [5.41, 5.74) is 9.93. The predicted molar refractivity (Wildman–Crippen MR) is 164 cm³/mol. The number of nitrogens with zero attached hydrogens (tertiary/aromatic N) is 1. The Labute approximate surface area is 230 Å². The van der Waals surface area contributed by atoms with Gasteiger partial charge >= 0.3 is 0 Å². The molecule has 3 heteroatoms. The first kappa shape index (κ1) is 22.2. The molecular weight excluding hydrogens is 498 g/mol. The van der Waals surface area contributed by atoms with E-state index in [4.69, 9.17) is 16.0 Å². The molecule has 0 spiro atoms. The van der Waals surface area contributed by atoms with Gasteiger partial charge in [0.2, 0.25) is 0 Å². The van der Waals surface area contributed by atoms with Crippen LogP contribution in [0.25, 0.3) is 71.7 Å². The van der Waals surface area contributed by atoms with Gasteiger partial charge in [0.25, 0.3) is 0 Å². The second-order valence-electron chi connectivity index (χ2n) is 9.92. The molecule has 2 nitrogen and oxygen atoms in total. The Bertz CT molecular complexity index is 2180. The molecule has 0 bridgehead atoms. The fraction of sp³-hybridized carbons (Fsp3) is 0. The minimum absolute atomic E-state index is 0.737. The van der Waals surface area contributed by atoms with Gasteiger partial charge in [0.05, 0.1) is 16.7 Å². The smallest absolute Gasteiger partial charge is 0.136 e. The number of rotatable bonds is 3. The van der Waals surface area contributed by atoms with E-state index in [9.17, 15) is 0 Å². The van der Waals surface area contributed by atoms with E-state index in [1.165, 1.54) is 27.4 Å². The molecule has 2 aromatic heterocycles. The predicted octanol–water partition coefficient (Wildman–Crippen LogP) is 10.7. The summed E-state index contributed by atoms with van der Waals surface area (Å²) in [6.45, 7) is 0. The van der Waals surface area contributed by atoms with Crippen molar-refractivity contribution in [1.82, 2.24) is 4.57 Å². The van der Waals surface area contributed by atoms with Crippen LogP contribution in [0.5, 0.6) is 0 Å². The molecule has 2 heterocycles. The molecule has 6 aromatic carbocycles. The van der Waals surface area contributed by atoms with Crippen molar-refractivity contribution >= 4 is 55.3 Å². The molecule has 0 amide bonds. The third kappa shape index (κ3) is 3.49. The van der Waals surface area contributed by atoms with E-state index in [0.717, 1.165) is 49.3 Å². The Morgan fingerprint density at radius 2 is 1.10 bits per heavy atom. The highest BCUT2D eigenvalue weighted by atomic mass is 35.5. The van der Waals surface area contributed by atoms with E-state index in [0.29, 0.717) is 0 Å². The van der Waals surface area contributed by atoms with Gasteiger partial charge in [0.15, 0.2) is 0 Å². The standard InChI is InChI=1S/C36H22ClNO/c37-26-17-13-23(14-18-26)27-7-1-4-10-32(27)38-33-11-5-2-8-28(33)31-21-24(16-20-34(31)38)25-15-19-30-29-9-3-6-12-35(29)39-36(30)22-25/h1-22H. The quantitative estimate of drug-likeness (QED) is 0.227. The van der Waals surface area contributed by atoms with Crippen LogP contribution in [-0.4, -0.2) is 4.57 Å². The Morgan fingerprint density at radius 3 is 2.00 bits per heavy atom. The van der Waals surface area contributed by atoms with Gasteiger partial charge in [-0.25, -0.2) is 0 Å². The Morgan fingerprint density at radius 1 is 0.462 bits per heavy atom. The minimum atomic E-state index is 0.737. The summed E-state index contributed by atoms with van der Waals surface area (Å²) in [5.74, 6) is 0. The van der Waals surface area contributed by atoms with Gasteiger partial charge in [0, 0.05) is 32.1 Å². The fourth-order valence-corrected chi connectivity index (χ4v) is 5.99. The summed E-state index contributed by atoms with van der Waals surface area (Å²) in [4.78, 5) is 0. The van der Waals surface area contributed by atoms with Crippen LogP contribution in [0.1, 0.15) is 0 Å². The van der Waals surface area contributed by atoms with Gasteiger partial charge in [-0.15, -0.1) is 0 Å². The average Bonchev–Trinajstić information content (AvgIpc) is 3.52. The lowest BCUT2D eigenvalue weighted by molar-refractivity contribution is 0.669. The van der Waals surface area contributed by atoms with Crippen LogP contribution in [-0.2, 0) is 0 Å². The first-order valence-corrected chi connectivity index (χ1v) is 13.4. The van der Waals surface area contributed by atoms with Gasteiger partial charge in [-0.05, 0) is 71.3 Å². The minimum Gasteiger partial charge on any atom is -0.456 e. The highest BCUT2D eigenvalue weighted by Crippen LogP contribution is 2.39. The molecule has 8 aromatic rings. The third-order valence-electron chi connectivity index (χ3n) is 7.68. The highest BCUT2D eigenvalue weighted by Gasteiger charge is 2.16. The zero-order chi connectivity index (χ0) is 25.9. The molecule has 0 unspecified atom stereocenters. The van der Waals surface area contributed by atoms with Gasteiger partial charge < -0.3 is 8.98 Å². The van der Waals surface area contributed by atoms with Crippen molar-refractivity contribution in [2.75, 3.05) is 0 Å². The van der Waals surface area contributed by atoms with Crippen molar-refractivity contribution in [2.24, 2.45) is 0 Å². The molecule has 0 fully saturated rings. The van der Waals surface area contributed by atoms with E-state index in [1.807, 2.05) is 24.3 Å². The lowest BCUT2D eigenvalue weighted by atomic mass is 10.0. The van der Waals surface area contributed by atoms with E-state index in [-0.39, 0.29) is 0 Å². The number of aromatic nitrogens is 1. The van der Waals surface area contributed by atoms with Crippen LogP contribution < -0.4 is 0 Å². The summed E-state index contributed by atoms with van der Waals surface area (Å²) in [6, 6.07) is 46.8. The second-order valence-corrected chi connectivity index (χ2v) is 10.4. The van der Waals surface area contributed by atoms with Gasteiger partial charge in [-0.2, -0.15) is 0 Å². The first-order valence-electron chi connectivity index (χ1n) is 13.0. The Kier molecular flexibility index (Phi) is 4.91. The van der Waals surface area contributed by atoms with Crippen molar-refractivity contribution in [2.45, 2.75) is 0 Å². The third-order valence-corrected chi connectivity index (χ3v) is 7.94. The molecule has 0 N–H and O–H groups in total. The monoisotopic (exact) mass is 519 g/mol. The van der Waals surface area contributed by atoms with E-state index >= 15 is 0 Å². The molecular formula is C36H22ClNO. The summed E-state index contributed by atoms with van der Waals surface area (Å²) >= 11 is 6.20. The van der Waals surface area contributed by atoms with Crippen molar-refractivity contribution in [3.63, 3.8) is 0 Å². The van der Waals surface area contributed by atoms with E-state index < -0.39 is 0 Å². The second kappa shape index (κ2) is 8.62. The van der Waals surface area contributed by atoms with E-state index in [2.05, 4.69) is 114 Å². The SMILES string of the molecule is Clc1ccc(-c2ccccc2-n2c3ccccc3c3cc(-c4ccc5c(c4)oc4ccccc45)ccc32)cc1. The van der Waals surface area contributed by atoms with Crippen molar-refractivity contribution in [1.29, 1.82) is 0 Å². The maximum atomic E-state index is 6.20. The van der Waals surface area contributed by atoms with Crippen LogP contribution in [0.2, 0.25) is 5.02 Å². The summed E-state index contributed by atoms with van der Waals surface area (Å²) < 4.78 is 8.56. The van der Waals surface area contributed by atoms with Crippen molar-refractivity contribution in [3.8, 4) is 27.9 Å². The van der Waals surface area contributed by atoms with Crippen LogP contribution in [0.4, 0.5) is 0 Å². The molecule has 0 aliphatic rings. The normalized spacial score (nSPS) is 11.7. The molecule has 0 radical (unpaired) electrons. The summed E-state index contributed by atoms with van der Waals surface area (Å²) in [6.07, 6.45) is 0. The number of hydrogen-bond donors (Lipinski definition) is 0. The number of fused-ring (bicyclic) bond motifs is 6. The van der Waals surface area contributed by atoms with Crippen LogP contribution in [0, 0.1) is 0 Å². The number of hydrogen-bond acceptors (Lipinski definition) is 1. The van der Waals surface area contributed by atoms with Crippen LogP contribution in [0.15, 0.2) is 138 Å². The highest BCUT2D eigenvalue weighted by molar-refractivity contribution is 6.30. The molecule has 0 saturated carbocycles. The molecule has 0 aliphatic carbocycles. The molecule has 39 heavy (non-hydrogen) atoms. The Hall–Kier alpha value is -4.79. The molecule has 0 atom stereocenters. The van der Waals surface area contributed by atoms with Gasteiger partial charge in [-0.1, -0.05) is 90.5 Å². The van der Waals surface area contributed by atoms with Crippen molar-refractivity contribution < 1.29 is 4.42 Å². The van der Waals surface area contributed by atoms with Crippen LogP contribution >= 0.6 is 11.6 Å².